The number of benzene rings is 4. The summed E-state index contributed by atoms with van der Waals surface area (Å²) in [5.74, 6) is 2.82. The zero-order chi connectivity index (χ0) is 20.2. The van der Waals surface area contributed by atoms with Crippen LogP contribution in [0.3, 0.4) is 0 Å². The molecule has 4 aromatic rings. The van der Waals surface area contributed by atoms with Crippen molar-refractivity contribution in [3.63, 3.8) is 0 Å². The fraction of sp³-hybridized carbons (Fsp3) is 0.120. The van der Waals surface area contributed by atoms with E-state index >= 15 is 0 Å². The van der Waals surface area contributed by atoms with E-state index in [-0.39, 0.29) is 5.75 Å². The summed E-state index contributed by atoms with van der Waals surface area (Å²) in [6.45, 7) is 4.19. The molecular weight excluding hydrogens is 378 g/mol. The van der Waals surface area contributed by atoms with Crippen molar-refractivity contribution in [2.24, 2.45) is 0 Å². The minimum absolute atomic E-state index is 0.249. The topological polar surface area (TPSA) is 41.5 Å². The lowest BCUT2D eigenvalue weighted by Gasteiger charge is -2.18. The molecule has 0 radical (unpaired) electrons. The number of phenols is 1. The number of hydrogen-bond acceptors (Lipinski definition) is 4. The van der Waals surface area contributed by atoms with Crippen LogP contribution < -0.4 is 9.46 Å². The van der Waals surface area contributed by atoms with Crippen molar-refractivity contribution in [3.8, 4) is 28.4 Å². The van der Waals surface area contributed by atoms with Gasteiger partial charge in [0, 0.05) is 22.4 Å². The van der Waals surface area contributed by atoms with Gasteiger partial charge in [-0.2, -0.15) is 0 Å². The fourth-order valence-electron chi connectivity index (χ4n) is 3.43. The molecule has 4 rings (SSSR count). The smallest absolute Gasteiger partial charge is 0.143 e. The van der Waals surface area contributed by atoms with E-state index < -0.39 is 0 Å². The normalized spacial score (nSPS) is 10.8. The largest absolute Gasteiger partial charge is 0.508 e. The second-order valence-electron chi connectivity index (χ2n) is 6.83. The molecule has 0 fully saturated rings. The predicted octanol–water partition coefficient (Wildman–Crippen LogP) is 7.39. The van der Waals surface area contributed by atoms with Crippen molar-refractivity contribution in [3.05, 3.63) is 84.4 Å². The van der Waals surface area contributed by atoms with E-state index in [4.69, 9.17) is 4.74 Å². The summed E-state index contributed by atoms with van der Waals surface area (Å²) in [6, 6.07) is 25.7. The van der Waals surface area contributed by atoms with E-state index in [2.05, 4.69) is 36.8 Å². The van der Waals surface area contributed by atoms with Crippen molar-refractivity contribution in [2.75, 3.05) is 10.5 Å². The summed E-state index contributed by atoms with van der Waals surface area (Å²) in [6.07, 6.45) is 0. The number of anilines is 1. The van der Waals surface area contributed by atoms with Crippen LogP contribution in [-0.2, 0) is 0 Å². The van der Waals surface area contributed by atoms with Gasteiger partial charge in [-0.1, -0.05) is 55.3 Å². The van der Waals surface area contributed by atoms with Crippen LogP contribution in [0.5, 0.6) is 17.2 Å². The fourth-order valence-corrected chi connectivity index (χ4v) is 3.88. The highest BCUT2D eigenvalue weighted by Gasteiger charge is 2.16. The highest BCUT2D eigenvalue weighted by atomic mass is 32.2. The Hall–Kier alpha value is -3.11. The Kier molecular flexibility index (Phi) is 5.63. The first kappa shape index (κ1) is 19.2. The molecule has 146 valence electrons. The first-order valence-corrected chi connectivity index (χ1v) is 10.6. The van der Waals surface area contributed by atoms with E-state index in [1.807, 2.05) is 48.5 Å². The standard InChI is InChI=1S/C25H23NO2S/c1-3-29-26-20-9-12-22(13-10-20)28-25-23-14-11-21(27)16-19(23)15-17(2)24(25)18-7-5-4-6-8-18/h4-16,26-27H,3H2,1-2H3. The van der Waals surface area contributed by atoms with Crippen LogP contribution in [0, 0.1) is 6.92 Å². The number of rotatable bonds is 6. The SMILES string of the molecule is CCSNc1ccc(Oc2c(-c3ccccc3)c(C)cc3cc(O)ccc23)cc1. The molecule has 0 atom stereocenters. The van der Waals surface area contributed by atoms with Crippen LogP contribution >= 0.6 is 11.9 Å². The molecule has 4 heteroatoms. The molecule has 0 saturated heterocycles. The van der Waals surface area contributed by atoms with Gasteiger partial charge >= 0.3 is 0 Å². The number of nitrogens with one attached hydrogen (secondary N) is 1. The third-order valence-corrected chi connectivity index (χ3v) is 5.41. The number of aromatic hydroxyl groups is 1. The second kappa shape index (κ2) is 8.50. The highest BCUT2D eigenvalue weighted by Crippen LogP contribution is 2.42. The predicted molar refractivity (Wildman–Crippen MR) is 124 cm³/mol. The Morgan fingerprint density at radius 3 is 2.41 bits per heavy atom. The molecule has 0 saturated carbocycles. The average Bonchev–Trinajstić information content (AvgIpc) is 2.73. The molecule has 0 aliphatic heterocycles. The van der Waals surface area contributed by atoms with Crippen LogP contribution in [-0.4, -0.2) is 10.9 Å². The molecule has 0 aliphatic carbocycles. The number of phenolic OH excluding ortho intramolecular Hbond substituents is 1. The summed E-state index contributed by atoms with van der Waals surface area (Å²) in [5, 5.41) is 11.9. The van der Waals surface area contributed by atoms with Crippen LogP contribution in [0.2, 0.25) is 0 Å². The van der Waals surface area contributed by atoms with Crippen molar-refractivity contribution in [2.45, 2.75) is 13.8 Å². The molecule has 0 amide bonds. The quantitative estimate of drug-likeness (QED) is 0.330. The first-order valence-electron chi connectivity index (χ1n) is 9.63. The van der Waals surface area contributed by atoms with Gasteiger partial charge in [0.05, 0.1) is 0 Å². The average molecular weight is 402 g/mol. The molecular formula is C25H23NO2S. The molecule has 0 aliphatic rings. The summed E-state index contributed by atoms with van der Waals surface area (Å²) < 4.78 is 9.74. The lowest BCUT2D eigenvalue weighted by atomic mass is 9.94. The molecule has 3 nitrogen and oxygen atoms in total. The van der Waals surface area contributed by atoms with Crippen LogP contribution in [0.15, 0.2) is 78.9 Å². The Bertz CT molecular complexity index is 1130. The third-order valence-electron chi connectivity index (χ3n) is 4.74. The van der Waals surface area contributed by atoms with Gasteiger partial charge in [0.1, 0.15) is 17.2 Å². The minimum atomic E-state index is 0.249. The van der Waals surface area contributed by atoms with E-state index in [0.717, 1.165) is 50.4 Å². The zero-order valence-corrected chi connectivity index (χ0v) is 17.3. The molecule has 0 aromatic heterocycles. The summed E-state index contributed by atoms with van der Waals surface area (Å²) in [7, 11) is 0. The highest BCUT2D eigenvalue weighted by molar-refractivity contribution is 8.00. The Morgan fingerprint density at radius 1 is 0.931 bits per heavy atom. The molecule has 29 heavy (non-hydrogen) atoms. The van der Waals surface area contributed by atoms with Gasteiger partial charge in [-0.05, 0) is 65.9 Å². The number of hydrogen-bond donors (Lipinski definition) is 2. The van der Waals surface area contributed by atoms with Crippen molar-refractivity contribution in [1.82, 2.24) is 0 Å². The molecule has 0 unspecified atom stereocenters. The van der Waals surface area contributed by atoms with Gasteiger partial charge in [0.2, 0.25) is 0 Å². The minimum Gasteiger partial charge on any atom is -0.508 e. The van der Waals surface area contributed by atoms with Crippen molar-refractivity contribution >= 4 is 28.4 Å². The number of fused-ring (bicyclic) bond motifs is 1. The summed E-state index contributed by atoms with van der Waals surface area (Å²) in [4.78, 5) is 0. The van der Waals surface area contributed by atoms with E-state index in [1.165, 1.54) is 0 Å². The van der Waals surface area contributed by atoms with Gasteiger partial charge in [-0.3, -0.25) is 0 Å². The zero-order valence-electron chi connectivity index (χ0n) is 16.5. The van der Waals surface area contributed by atoms with E-state index in [9.17, 15) is 5.11 Å². The van der Waals surface area contributed by atoms with Crippen LogP contribution in [0.4, 0.5) is 5.69 Å². The van der Waals surface area contributed by atoms with E-state index in [0.29, 0.717) is 0 Å². The summed E-state index contributed by atoms with van der Waals surface area (Å²) >= 11 is 1.66. The Morgan fingerprint density at radius 2 is 1.69 bits per heavy atom. The van der Waals surface area contributed by atoms with Gasteiger partial charge < -0.3 is 14.6 Å². The van der Waals surface area contributed by atoms with Crippen molar-refractivity contribution in [1.29, 1.82) is 0 Å². The van der Waals surface area contributed by atoms with E-state index in [1.54, 1.807) is 24.1 Å². The molecule has 0 spiro atoms. The third kappa shape index (κ3) is 4.17. The van der Waals surface area contributed by atoms with Crippen LogP contribution in [0.25, 0.3) is 21.9 Å². The van der Waals surface area contributed by atoms with Gasteiger partial charge in [0.25, 0.3) is 0 Å². The Balaban J connectivity index is 1.82. The monoisotopic (exact) mass is 401 g/mol. The van der Waals surface area contributed by atoms with Gasteiger partial charge in [-0.25, -0.2) is 0 Å². The maximum Gasteiger partial charge on any atom is 0.143 e. The molecule has 0 bridgehead atoms. The Labute approximate surface area is 175 Å². The maximum absolute atomic E-state index is 9.94. The maximum atomic E-state index is 9.94. The number of ether oxygens (including phenoxy) is 1. The molecule has 2 N–H and O–H groups in total. The van der Waals surface area contributed by atoms with Gasteiger partial charge in [-0.15, -0.1) is 0 Å². The van der Waals surface area contributed by atoms with Gasteiger partial charge in [0.15, 0.2) is 0 Å². The molecule has 0 heterocycles. The number of aryl methyl sites for hydroxylation is 1. The molecule has 4 aromatic carbocycles. The first-order chi connectivity index (χ1) is 14.2. The summed E-state index contributed by atoms with van der Waals surface area (Å²) in [5.41, 5.74) is 4.31. The lowest BCUT2D eigenvalue weighted by Crippen LogP contribution is -1.94. The van der Waals surface area contributed by atoms with Crippen molar-refractivity contribution < 1.29 is 9.84 Å². The second-order valence-corrected chi connectivity index (χ2v) is 7.90. The van der Waals surface area contributed by atoms with Crippen LogP contribution in [0.1, 0.15) is 12.5 Å². The lowest BCUT2D eigenvalue weighted by molar-refractivity contribution is 0.475.